The van der Waals surface area contributed by atoms with Crippen LogP contribution in [0.25, 0.3) is 0 Å². The van der Waals surface area contributed by atoms with E-state index in [1.54, 1.807) is 6.20 Å². The maximum absolute atomic E-state index is 9.61. The lowest BCUT2D eigenvalue weighted by Crippen LogP contribution is -2.18. The maximum atomic E-state index is 9.61. The lowest BCUT2D eigenvalue weighted by Gasteiger charge is -2.16. The number of aliphatic hydroxyl groups is 1. The second-order valence-corrected chi connectivity index (χ2v) is 4.54. The van der Waals surface area contributed by atoms with Crippen LogP contribution in [0.15, 0.2) is 22.8 Å². The molecule has 0 amide bonds. The van der Waals surface area contributed by atoms with Gasteiger partial charge < -0.3 is 5.11 Å². The Morgan fingerprint density at radius 2 is 2.21 bits per heavy atom. The van der Waals surface area contributed by atoms with E-state index in [4.69, 9.17) is 0 Å². The van der Waals surface area contributed by atoms with Gasteiger partial charge in [-0.1, -0.05) is 13.8 Å². The summed E-state index contributed by atoms with van der Waals surface area (Å²) >= 11 is 3.34. The van der Waals surface area contributed by atoms with E-state index in [2.05, 4.69) is 27.8 Å². The number of hydrogen-bond acceptors (Lipinski definition) is 2. The number of hydrogen-bond donors (Lipinski definition) is 1. The molecule has 0 spiro atoms. The lowest BCUT2D eigenvalue weighted by molar-refractivity contribution is 0.112. The molecule has 0 fully saturated rings. The molecule has 0 bridgehead atoms. The Morgan fingerprint density at radius 3 is 2.71 bits per heavy atom. The van der Waals surface area contributed by atoms with Crippen LogP contribution in [-0.2, 0) is 6.42 Å². The van der Waals surface area contributed by atoms with Gasteiger partial charge in [-0.25, -0.2) is 0 Å². The van der Waals surface area contributed by atoms with Gasteiger partial charge >= 0.3 is 0 Å². The molecule has 0 radical (unpaired) electrons. The summed E-state index contributed by atoms with van der Waals surface area (Å²) in [5.74, 6) is 0.272. The number of aromatic nitrogens is 1. The van der Waals surface area contributed by atoms with Gasteiger partial charge in [0.05, 0.1) is 6.10 Å². The van der Waals surface area contributed by atoms with Crippen LogP contribution in [0.5, 0.6) is 0 Å². The molecule has 0 saturated heterocycles. The van der Waals surface area contributed by atoms with Gasteiger partial charge in [0.15, 0.2) is 0 Å². The van der Waals surface area contributed by atoms with Crippen LogP contribution in [0.2, 0.25) is 0 Å². The van der Waals surface area contributed by atoms with Crippen molar-refractivity contribution in [1.29, 1.82) is 0 Å². The molecule has 0 aromatic carbocycles. The van der Waals surface area contributed by atoms with Gasteiger partial charge in [0.2, 0.25) is 0 Å². The quantitative estimate of drug-likeness (QED) is 0.900. The van der Waals surface area contributed by atoms with Crippen molar-refractivity contribution in [3.63, 3.8) is 0 Å². The first-order chi connectivity index (χ1) is 6.63. The molecule has 14 heavy (non-hydrogen) atoms. The lowest BCUT2D eigenvalue weighted by atomic mass is 9.97. The molecular formula is C11H16BrNO. The van der Waals surface area contributed by atoms with Crippen molar-refractivity contribution in [3.8, 4) is 0 Å². The smallest absolute Gasteiger partial charge is 0.0566 e. The van der Waals surface area contributed by atoms with Crippen LogP contribution in [-0.4, -0.2) is 16.2 Å². The fraction of sp³-hybridized carbons (Fsp3) is 0.545. The highest BCUT2D eigenvalue weighted by atomic mass is 79.9. The molecule has 0 aliphatic rings. The highest BCUT2D eigenvalue weighted by Crippen LogP contribution is 2.14. The van der Waals surface area contributed by atoms with Crippen LogP contribution >= 0.6 is 15.9 Å². The Balaban J connectivity index is 2.56. The van der Waals surface area contributed by atoms with E-state index >= 15 is 0 Å². The summed E-state index contributed by atoms with van der Waals surface area (Å²) < 4.78 is 0.991. The number of nitrogens with zero attached hydrogens (tertiary/aromatic N) is 1. The van der Waals surface area contributed by atoms with Crippen LogP contribution in [0.3, 0.4) is 0 Å². The number of aliphatic hydroxyl groups excluding tert-OH is 1. The van der Waals surface area contributed by atoms with Crippen molar-refractivity contribution in [2.75, 3.05) is 0 Å². The predicted molar refractivity (Wildman–Crippen MR) is 61.1 cm³/mol. The standard InChI is InChI=1S/C11H16BrNO/c1-3-11(14)8(2)6-10-5-4-9(12)7-13-10/h4-5,7-8,11,14H,3,6H2,1-2H3. The highest BCUT2D eigenvalue weighted by molar-refractivity contribution is 9.10. The normalized spacial score (nSPS) is 15.1. The topological polar surface area (TPSA) is 33.1 Å². The van der Waals surface area contributed by atoms with Crippen molar-refractivity contribution in [2.24, 2.45) is 5.92 Å². The zero-order valence-electron chi connectivity index (χ0n) is 8.57. The van der Waals surface area contributed by atoms with Crippen molar-refractivity contribution < 1.29 is 5.11 Å². The molecule has 1 heterocycles. The molecule has 1 rings (SSSR count). The van der Waals surface area contributed by atoms with Gasteiger partial charge in [0.25, 0.3) is 0 Å². The minimum atomic E-state index is -0.222. The van der Waals surface area contributed by atoms with Crippen molar-refractivity contribution in [2.45, 2.75) is 32.8 Å². The van der Waals surface area contributed by atoms with E-state index in [0.29, 0.717) is 0 Å². The number of rotatable bonds is 4. The van der Waals surface area contributed by atoms with Crippen LogP contribution in [0.1, 0.15) is 26.0 Å². The van der Waals surface area contributed by atoms with Crippen LogP contribution in [0, 0.1) is 5.92 Å². The highest BCUT2D eigenvalue weighted by Gasteiger charge is 2.12. The Hall–Kier alpha value is -0.410. The molecule has 2 nitrogen and oxygen atoms in total. The molecule has 1 aromatic heterocycles. The third-order valence-corrected chi connectivity index (χ3v) is 2.86. The van der Waals surface area contributed by atoms with Gasteiger partial charge in [0.1, 0.15) is 0 Å². The van der Waals surface area contributed by atoms with Crippen LogP contribution in [0.4, 0.5) is 0 Å². The molecule has 3 heteroatoms. The predicted octanol–water partition coefficient (Wildman–Crippen LogP) is 2.79. The first-order valence-corrected chi connectivity index (χ1v) is 5.71. The fourth-order valence-electron chi connectivity index (χ4n) is 1.40. The molecular weight excluding hydrogens is 242 g/mol. The minimum Gasteiger partial charge on any atom is -0.393 e. The Morgan fingerprint density at radius 1 is 1.50 bits per heavy atom. The van der Waals surface area contributed by atoms with Gasteiger partial charge in [0, 0.05) is 16.4 Å². The van der Waals surface area contributed by atoms with Crippen molar-refractivity contribution in [3.05, 3.63) is 28.5 Å². The Kier molecular flexibility index (Phi) is 4.55. The van der Waals surface area contributed by atoms with E-state index in [9.17, 15) is 5.11 Å². The van der Waals surface area contributed by atoms with E-state index in [0.717, 1.165) is 23.0 Å². The van der Waals surface area contributed by atoms with Crippen molar-refractivity contribution >= 4 is 15.9 Å². The first-order valence-electron chi connectivity index (χ1n) is 4.92. The average Bonchev–Trinajstić information content (AvgIpc) is 2.20. The van der Waals surface area contributed by atoms with Gasteiger partial charge in [-0.3, -0.25) is 4.98 Å². The molecule has 1 N–H and O–H groups in total. The van der Waals surface area contributed by atoms with E-state index in [1.165, 1.54) is 0 Å². The Labute approximate surface area is 93.5 Å². The third-order valence-electron chi connectivity index (χ3n) is 2.39. The Bertz CT molecular complexity index is 273. The fourth-order valence-corrected chi connectivity index (χ4v) is 1.63. The summed E-state index contributed by atoms with van der Waals surface area (Å²) in [5.41, 5.74) is 1.04. The second-order valence-electron chi connectivity index (χ2n) is 3.62. The van der Waals surface area contributed by atoms with Crippen molar-refractivity contribution in [1.82, 2.24) is 4.98 Å². The SMILES string of the molecule is CCC(O)C(C)Cc1ccc(Br)cn1. The number of pyridine rings is 1. The van der Waals surface area contributed by atoms with Gasteiger partial charge in [-0.15, -0.1) is 0 Å². The molecule has 0 aliphatic carbocycles. The van der Waals surface area contributed by atoms with Gasteiger partial charge in [-0.05, 0) is 46.8 Å². The molecule has 0 saturated carbocycles. The second kappa shape index (κ2) is 5.47. The monoisotopic (exact) mass is 257 g/mol. The largest absolute Gasteiger partial charge is 0.393 e. The maximum Gasteiger partial charge on any atom is 0.0566 e. The molecule has 78 valence electrons. The first kappa shape index (κ1) is 11.7. The zero-order chi connectivity index (χ0) is 10.6. The summed E-state index contributed by atoms with van der Waals surface area (Å²) in [6.45, 7) is 4.05. The summed E-state index contributed by atoms with van der Waals surface area (Å²) in [5, 5.41) is 9.61. The third kappa shape index (κ3) is 3.39. The minimum absolute atomic E-state index is 0.222. The van der Waals surface area contributed by atoms with E-state index in [-0.39, 0.29) is 12.0 Å². The summed E-state index contributed by atoms with van der Waals surface area (Å²) in [6.07, 6.45) is 3.21. The summed E-state index contributed by atoms with van der Waals surface area (Å²) in [7, 11) is 0. The average molecular weight is 258 g/mol. The molecule has 2 atom stereocenters. The van der Waals surface area contributed by atoms with E-state index < -0.39 is 0 Å². The van der Waals surface area contributed by atoms with E-state index in [1.807, 2.05) is 19.1 Å². The number of halogens is 1. The molecule has 2 unspecified atom stereocenters. The zero-order valence-corrected chi connectivity index (χ0v) is 10.2. The summed E-state index contributed by atoms with van der Waals surface area (Å²) in [4.78, 5) is 4.28. The van der Waals surface area contributed by atoms with Crippen LogP contribution < -0.4 is 0 Å². The molecule has 1 aromatic rings. The molecule has 0 aliphatic heterocycles. The summed E-state index contributed by atoms with van der Waals surface area (Å²) in [6, 6.07) is 3.97. The van der Waals surface area contributed by atoms with Gasteiger partial charge in [-0.2, -0.15) is 0 Å².